The van der Waals surface area contributed by atoms with E-state index in [9.17, 15) is 14.4 Å². The molecule has 0 aromatic heterocycles. The molecule has 122 valence electrons. The van der Waals surface area contributed by atoms with Gasteiger partial charge in [0.2, 0.25) is 0 Å². The van der Waals surface area contributed by atoms with Crippen molar-refractivity contribution in [3.63, 3.8) is 0 Å². The second-order valence-corrected chi connectivity index (χ2v) is 5.98. The zero-order valence-corrected chi connectivity index (χ0v) is 14.2. The van der Waals surface area contributed by atoms with Crippen LogP contribution in [0, 0.1) is 16.2 Å². The first-order valence-electron chi connectivity index (χ1n) is 6.76. The molecule has 6 heteroatoms. The Morgan fingerprint density at radius 3 is 1.19 bits per heavy atom. The van der Waals surface area contributed by atoms with Crippen molar-refractivity contribution in [1.82, 2.24) is 0 Å². The van der Waals surface area contributed by atoms with E-state index in [-0.39, 0.29) is 6.42 Å². The van der Waals surface area contributed by atoms with Crippen LogP contribution in [0.5, 0.6) is 0 Å². The molecule has 21 heavy (non-hydrogen) atoms. The van der Waals surface area contributed by atoms with E-state index in [0.717, 1.165) is 0 Å². The highest BCUT2D eigenvalue weighted by Crippen LogP contribution is 2.56. The number of hydrogen-bond acceptors (Lipinski definition) is 6. The van der Waals surface area contributed by atoms with Gasteiger partial charge in [0.25, 0.3) is 0 Å². The second kappa shape index (κ2) is 6.45. The molecule has 0 N–H and O–H groups in total. The van der Waals surface area contributed by atoms with Crippen molar-refractivity contribution in [1.29, 1.82) is 0 Å². The summed E-state index contributed by atoms with van der Waals surface area (Å²) in [6.07, 6.45) is 0.212. The molecule has 0 saturated carbocycles. The van der Waals surface area contributed by atoms with E-state index < -0.39 is 34.2 Å². The van der Waals surface area contributed by atoms with Gasteiger partial charge in [-0.2, -0.15) is 0 Å². The van der Waals surface area contributed by atoms with Crippen molar-refractivity contribution in [2.45, 2.75) is 41.0 Å². The molecule has 0 saturated heterocycles. The Kier molecular flexibility index (Phi) is 5.96. The third-order valence-corrected chi connectivity index (χ3v) is 4.59. The normalized spacial score (nSPS) is 12.6. The fourth-order valence-electron chi connectivity index (χ4n) is 3.35. The monoisotopic (exact) mass is 302 g/mol. The topological polar surface area (TPSA) is 78.9 Å². The van der Waals surface area contributed by atoms with Gasteiger partial charge in [-0.3, -0.25) is 14.4 Å². The number of ether oxygens (including phenoxy) is 3. The highest BCUT2D eigenvalue weighted by atomic mass is 16.5. The molecule has 0 aliphatic heterocycles. The maximum atomic E-state index is 12.6. The third-order valence-electron chi connectivity index (χ3n) is 4.59. The minimum atomic E-state index is -1.42. The molecule has 0 aliphatic rings. The molecule has 0 unspecified atom stereocenters. The molecule has 0 heterocycles. The van der Waals surface area contributed by atoms with Crippen LogP contribution >= 0.6 is 0 Å². The Bertz CT molecular complexity index is 394. The van der Waals surface area contributed by atoms with Crippen molar-refractivity contribution in [3.05, 3.63) is 0 Å². The number of rotatable bonds is 6. The van der Waals surface area contributed by atoms with Gasteiger partial charge < -0.3 is 14.2 Å². The van der Waals surface area contributed by atoms with Crippen LogP contribution in [0.2, 0.25) is 0 Å². The minimum Gasteiger partial charge on any atom is -0.469 e. The SMILES string of the molecule is CCC(C(=O)OC)(C(C)(C)C(=O)OC)C(C)(C)C(=O)OC. The molecule has 0 atom stereocenters. The zero-order valence-electron chi connectivity index (χ0n) is 14.2. The van der Waals surface area contributed by atoms with Crippen LogP contribution < -0.4 is 0 Å². The summed E-state index contributed by atoms with van der Waals surface area (Å²) in [5.41, 5.74) is -3.97. The average molecular weight is 302 g/mol. The molecule has 6 nitrogen and oxygen atoms in total. The van der Waals surface area contributed by atoms with E-state index in [1.54, 1.807) is 34.6 Å². The quantitative estimate of drug-likeness (QED) is 0.551. The van der Waals surface area contributed by atoms with E-state index in [2.05, 4.69) is 0 Å². The molecule has 0 aromatic carbocycles. The molecule has 0 spiro atoms. The van der Waals surface area contributed by atoms with Crippen LogP contribution in [0.3, 0.4) is 0 Å². The number of carbonyl (C=O) groups is 3. The van der Waals surface area contributed by atoms with Crippen molar-refractivity contribution in [2.75, 3.05) is 21.3 Å². The van der Waals surface area contributed by atoms with Gasteiger partial charge in [-0.15, -0.1) is 0 Å². The molecule has 0 aromatic rings. The maximum Gasteiger partial charge on any atom is 0.314 e. The standard InChI is InChI=1S/C15H26O6/c1-9-15(12(18)21-8,13(2,3)10(16)19-6)14(4,5)11(17)20-7/h9H2,1-8H3. The lowest BCUT2D eigenvalue weighted by atomic mass is 9.51. The van der Waals surface area contributed by atoms with Crippen molar-refractivity contribution < 1.29 is 28.6 Å². The van der Waals surface area contributed by atoms with Gasteiger partial charge in [0, 0.05) is 0 Å². The summed E-state index contributed by atoms with van der Waals surface area (Å²) in [6.45, 7) is 8.02. The van der Waals surface area contributed by atoms with Gasteiger partial charge in [-0.05, 0) is 34.1 Å². The van der Waals surface area contributed by atoms with Gasteiger partial charge in [0.05, 0.1) is 37.6 Å². The lowest BCUT2D eigenvalue weighted by Gasteiger charge is -2.49. The number of carbonyl (C=O) groups excluding carboxylic acids is 3. The summed E-state index contributed by atoms with van der Waals surface area (Å²) in [7, 11) is 3.72. The van der Waals surface area contributed by atoms with E-state index in [4.69, 9.17) is 14.2 Å². The Balaban J connectivity index is 6.47. The predicted octanol–water partition coefficient (Wildman–Crippen LogP) is 1.95. The molecule has 0 aliphatic carbocycles. The molecular formula is C15H26O6. The summed E-state index contributed by atoms with van der Waals surface area (Å²) in [6, 6.07) is 0. The second-order valence-electron chi connectivity index (χ2n) is 5.98. The minimum absolute atomic E-state index is 0.212. The highest BCUT2D eigenvalue weighted by molar-refractivity contribution is 5.94. The van der Waals surface area contributed by atoms with Gasteiger partial charge >= 0.3 is 17.9 Å². The smallest absolute Gasteiger partial charge is 0.314 e. The Morgan fingerprint density at radius 1 is 0.714 bits per heavy atom. The third kappa shape index (κ3) is 2.63. The van der Waals surface area contributed by atoms with Gasteiger partial charge in [-0.1, -0.05) is 6.92 Å². The van der Waals surface area contributed by atoms with Crippen LogP contribution in [-0.4, -0.2) is 39.2 Å². The average Bonchev–Trinajstić information content (AvgIpc) is 2.45. The van der Waals surface area contributed by atoms with Gasteiger partial charge in [0.15, 0.2) is 0 Å². The molecule has 0 amide bonds. The lowest BCUT2D eigenvalue weighted by molar-refractivity contribution is -0.197. The lowest BCUT2D eigenvalue weighted by Crippen LogP contribution is -2.60. The van der Waals surface area contributed by atoms with Crippen molar-refractivity contribution >= 4 is 17.9 Å². The van der Waals surface area contributed by atoms with Crippen LogP contribution in [0.25, 0.3) is 0 Å². The fraction of sp³-hybridized carbons (Fsp3) is 0.800. The fourth-order valence-corrected chi connectivity index (χ4v) is 3.35. The van der Waals surface area contributed by atoms with Gasteiger partial charge in [-0.25, -0.2) is 0 Å². The van der Waals surface area contributed by atoms with Crippen LogP contribution in [-0.2, 0) is 28.6 Å². The van der Waals surface area contributed by atoms with Crippen LogP contribution in [0.15, 0.2) is 0 Å². The van der Waals surface area contributed by atoms with Crippen molar-refractivity contribution in [3.8, 4) is 0 Å². The summed E-state index contributed by atoms with van der Waals surface area (Å²) in [5, 5.41) is 0. The van der Waals surface area contributed by atoms with E-state index in [0.29, 0.717) is 0 Å². The molecule has 0 rings (SSSR count). The first-order valence-corrected chi connectivity index (χ1v) is 6.76. The molecule has 0 radical (unpaired) electrons. The summed E-state index contributed by atoms with van der Waals surface area (Å²) < 4.78 is 14.6. The van der Waals surface area contributed by atoms with Crippen LogP contribution in [0.1, 0.15) is 41.0 Å². The Labute approximate surface area is 126 Å². The van der Waals surface area contributed by atoms with E-state index in [1.807, 2.05) is 0 Å². The summed E-state index contributed by atoms with van der Waals surface area (Å²) in [4.78, 5) is 37.0. The molecular weight excluding hydrogens is 276 g/mol. The van der Waals surface area contributed by atoms with Crippen molar-refractivity contribution in [2.24, 2.45) is 16.2 Å². The maximum absolute atomic E-state index is 12.6. The highest BCUT2D eigenvalue weighted by Gasteiger charge is 2.66. The molecule has 0 fully saturated rings. The van der Waals surface area contributed by atoms with Gasteiger partial charge in [0.1, 0.15) is 0 Å². The van der Waals surface area contributed by atoms with E-state index in [1.165, 1.54) is 21.3 Å². The first kappa shape index (κ1) is 19.4. The Morgan fingerprint density at radius 2 is 1.00 bits per heavy atom. The summed E-state index contributed by atoms with van der Waals surface area (Å²) >= 11 is 0. The predicted molar refractivity (Wildman–Crippen MR) is 76.3 cm³/mol. The first-order chi connectivity index (χ1) is 9.50. The number of esters is 3. The molecule has 0 bridgehead atoms. The number of hydrogen-bond donors (Lipinski definition) is 0. The zero-order chi connectivity index (χ0) is 17.1. The largest absolute Gasteiger partial charge is 0.469 e. The Hall–Kier alpha value is -1.59. The number of methoxy groups -OCH3 is 3. The van der Waals surface area contributed by atoms with Crippen LogP contribution in [0.4, 0.5) is 0 Å². The summed E-state index contributed by atoms with van der Waals surface area (Å²) in [5.74, 6) is -1.82. The van der Waals surface area contributed by atoms with E-state index >= 15 is 0 Å².